The molecule has 0 aromatic heterocycles. The SMILES string of the molecule is Cl.N.N.N.N.N.O.[Co]. The third kappa shape index (κ3) is 654. The summed E-state index contributed by atoms with van der Waals surface area (Å²) in [5.41, 5.74) is 0. The summed E-state index contributed by atoms with van der Waals surface area (Å²) >= 11 is 0. The minimum Gasteiger partial charge on any atom is -0.412 e. The molecule has 17 N–H and O–H groups in total. The molecule has 6 nitrogen and oxygen atoms in total. The van der Waals surface area contributed by atoms with Gasteiger partial charge >= 0.3 is 0 Å². The first-order valence-corrected chi connectivity index (χ1v) is 0. The summed E-state index contributed by atoms with van der Waals surface area (Å²) in [5.74, 6) is 0. The second kappa shape index (κ2) is 1050. The van der Waals surface area contributed by atoms with Crippen LogP contribution in [-0.2, 0) is 16.8 Å². The molecule has 0 aliphatic rings. The van der Waals surface area contributed by atoms with Crippen molar-refractivity contribution >= 4 is 12.4 Å². The van der Waals surface area contributed by atoms with E-state index in [2.05, 4.69) is 0 Å². The van der Waals surface area contributed by atoms with Gasteiger partial charge in [0.2, 0.25) is 0 Å². The summed E-state index contributed by atoms with van der Waals surface area (Å²) in [4.78, 5) is 0. The molecule has 0 spiro atoms. The maximum absolute atomic E-state index is 0. The molecular formula is H18ClCoN5O. The van der Waals surface area contributed by atoms with Gasteiger partial charge in [0.25, 0.3) is 0 Å². The molecule has 0 fully saturated rings. The summed E-state index contributed by atoms with van der Waals surface area (Å²) in [7, 11) is 0. The zero-order chi connectivity index (χ0) is 0. The van der Waals surface area contributed by atoms with Crippen LogP contribution in [0.1, 0.15) is 0 Å². The first-order chi connectivity index (χ1) is 0. The molecule has 0 atom stereocenters. The maximum atomic E-state index is 0. The van der Waals surface area contributed by atoms with E-state index >= 15 is 0 Å². The van der Waals surface area contributed by atoms with E-state index in [1.54, 1.807) is 0 Å². The molecule has 8 heteroatoms. The molecule has 0 unspecified atom stereocenters. The van der Waals surface area contributed by atoms with Crippen LogP contribution in [0.5, 0.6) is 0 Å². The Balaban J connectivity index is 0. The number of hydrogen-bond donors (Lipinski definition) is 5. The van der Waals surface area contributed by atoms with Crippen LogP contribution in [0.4, 0.5) is 0 Å². The van der Waals surface area contributed by atoms with Crippen LogP contribution in [0.25, 0.3) is 0 Å². The molecule has 0 rings (SSSR count). The summed E-state index contributed by atoms with van der Waals surface area (Å²) in [5, 5.41) is 0. The molecule has 0 aromatic rings. The molecule has 8 heavy (non-hydrogen) atoms. The predicted molar refractivity (Wildman–Crippen MR) is 36.0 cm³/mol. The van der Waals surface area contributed by atoms with Gasteiger partial charge in [-0.15, -0.1) is 12.4 Å². The summed E-state index contributed by atoms with van der Waals surface area (Å²) in [6.45, 7) is 0. The molecule has 0 aliphatic heterocycles. The van der Waals surface area contributed by atoms with Gasteiger partial charge in [-0.05, 0) is 0 Å². The van der Waals surface area contributed by atoms with Crippen molar-refractivity contribution in [3.8, 4) is 0 Å². The molecular weight excluding hydrogens is 180 g/mol. The van der Waals surface area contributed by atoms with Gasteiger partial charge < -0.3 is 36.2 Å². The Bertz CT molecular complexity index is 12.4. The molecule has 0 aromatic carbocycles. The van der Waals surface area contributed by atoms with Crippen molar-refractivity contribution in [3.63, 3.8) is 0 Å². The summed E-state index contributed by atoms with van der Waals surface area (Å²) < 4.78 is 0. The van der Waals surface area contributed by atoms with Gasteiger partial charge in [0.15, 0.2) is 0 Å². The Morgan fingerprint density at radius 3 is 0.500 bits per heavy atom. The second-order valence-electron chi connectivity index (χ2n) is 0. The van der Waals surface area contributed by atoms with Crippen LogP contribution in [-0.4, -0.2) is 5.48 Å². The minimum atomic E-state index is 0. The van der Waals surface area contributed by atoms with Gasteiger partial charge in [-0.2, -0.15) is 0 Å². The van der Waals surface area contributed by atoms with E-state index in [1.165, 1.54) is 0 Å². The van der Waals surface area contributed by atoms with Crippen molar-refractivity contribution in [1.29, 1.82) is 0 Å². The monoisotopic (exact) mass is 198 g/mol. The van der Waals surface area contributed by atoms with Gasteiger partial charge in [-0.25, -0.2) is 0 Å². The first kappa shape index (κ1) is 1580. The Kier molecular flexibility index (Phi) is 207000. The Labute approximate surface area is 66.0 Å². The van der Waals surface area contributed by atoms with Gasteiger partial charge in [0.05, 0.1) is 0 Å². The van der Waals surface area contributed by atoms with Crippen molar-refractivity contribution < 1.29 is 22.3 Å². The Morgan fingerprint density at radius 1 is 0.500 bits per heavy atom. The van der Waals surface area contributed by atoms with Gasteiger partial charge in [-0.1, -0.05) is 0 Å². The van der Waals surface area contributed by atoms with Crippen LogP contribution in [0.2, 0.25) is 0 Å². The van der Waals surface area contributed by atoms with Crippen molar-refractivity contribution in [2.75, 3.05) is 0 Å². The Hall–Kier alpha value is 0.556. The average Bonchev–Trinajstić information content (AvgIpc) is 0. The largest absolute Gasteiger partial charge is 0.412 e. The van der Waals surface area contributed by atoms with Gasteiger partial charge in [0.1, 0.15) is 0 Å². The van der Waals surface area contributed by atoms with E-state index in [9.17, 15) is 0 Å². The van der Waals surface area contributed by atoms with Crippen molar-refractivity contribution in [3.05, 3.63) is 0 Å². The average molecular weight is 199 g/mol. The molecule has 0 bridgehead atoms. The summed E-state index contributed by atoms with van der Waals surface area (Å²) in [6.07, 6.45) is 0. The van der Waals surface area contributed by atoms with Crippen molar-refractivity contribution in [2.24, 2.45) is 0 Å². The third-order valence-corrected chi connectivity index (χ3v) is 0. The fraction of sp³-hybridized carbons (Fsp3) is 0. The van der Waals surface area contributed by atoms with E-state index in [1.807, 2.05) is 0 Å². The molecule has 1 radical (unpaired) electrons. The number of hydrogen-bond acceptors (Lipinski definition) is 5. The van der Waals surface area contributed by atoms with Crippen LogP contribution >= 0.6 is 12.4 Å². The molecule has 0 saturated heterocycles. The fourth-order valence-corrected chi connectivity index (χ4v) is 0. The predicted octanol–water partition coefficient (Wildman–Crippen LogP) is 0.405. The number of halogens is 1. The molecule has 0 amide bonds. The van der Waals surface area contributed by atoms with Crippen molar-refractivity contribution in [2.45, 2.75) is 0 Å². The quantitative estimate of drug-likeness (QED) is 0.373. The van der Waals surface area contributed by atoms with Crippen LogP contribution in [0, 0.1) is 0 Å². The third-order valence-electron chi connectivity index (χ3n) is 0. The van der Waals surface area contributed by atoms with Crippen LogP contribution in [0.15, 0.2) is 0 Å². The smallest absolute Gasteiger partial charge is 0 e. The summed E-state index contributed by atoms with van der Waals surface area (Å²) in [6, 6.07) is 0. The molecule has 0 heterocycles. The zero-order valence-corrected chi connectivity index (χ0v) is 6.63. The van der Waals surface area contributed by atoms with E-state index in [-0.39, 0.29) is 65.4 Å². The van der Waals surface area contributed by atoms with Crippen LogP contribution in [0.3, 0.4) is 0 Å². The van der Waals surface area contributed by atoms with Gasteiger partial charge in [-0.3, -0.25) is 0 Å². The second-order valence-corrected chi connectivity index (χ2v) is 0. The molecule has 65 valence electrons. The van der Waals surface area contributed by atoms with Gasteiger partial charge in [0, 0.05) is 16.8 Å². The molecule has 0 saturated carbocycles. The first-order valence-electron chi connectivity index (χ1n) is 0. The fourth-order valence-electron chi connectivity index (χ4n) is 0. The number of rotatable bonds is 0. The normalized spacial score (nSPS) is 0. The van der Waals surface area contributed by atoms with Crippen LogP contribution < -0.4 is 30.8 Å². The van der Waals surface area contributed by atoms with E-state index < -0.39 is 0 Å². The van der Waals surface area contributed by atoms with E-state index in [4.69, 9.17) is 0 Å². The molecule has 0 aliphatic carbocycles. The standard InChI is InChI=1S/ClH.Co.5H3N.H2O/h1H;;5*1H3;1H2. The Morgan fingerprint density at radius 2 is 0.500 bits per heavy atom. The maximum Gasteiger partial charge on any atom is 0 e. The van der Waals surface area contributed by atoms with E-state index in [0.29, 0.717) is 0 Å². The van der Waals surface area contributed by atoms with Crippen molar-refractivity contribution in [1.82, 2.24) is 30.8 Å². The minimum absolute atomic E-state index is 0. The zero-order valence-electron chi connectivity index (χ0n) is 4.78. The van der Waals surface area contributed by atoms with E-state index in [0.717, 1.165) is 0 Å². The topological polar surface area (TPSA) is 206 Å².